The van der Waals surface area contributed by atoms with Crippen LogP contribution < -0.4 is 4.90 Å². The third-order valence-electron chi connectivity index (χ3n) is 4.07. The lowest BCUT2D eigenvalue weighted by Crippen LogP contribution is -2.23. The van der Waals surface area contributed by atoms with Crippen LogP contribution in [0, 0.1) is 6.92 Å². The van der Waals surface area contributed by atoms with Gasteiger partial charge in [0.15, 0.2) is 5.13 Å². The number of aromatic nitrogens is 3. The number of thiazole rings is 1. The molecular weight excluding hydrogens is 368 g/mol. The van der Waals surface area contributed by atoms with E-state index in [9.17, 15) is 4.79 Å². The quantitative estimate of drug-likeness (QED) is 0.453. The predicted octanol–water partition coefficient (Wildman–Crippen LogP) is 5.02. The zero-order valence-electron chi connectivity index (χ0n) is 15.3. The standard InChI is InChI=1S/C22H18N4OS/c1-17-16-28-22(24-17)26(20-10-6-3-7-11-20)21(27)13-12-18-14-23-25(15-18)19-8-4-2-5-9-19/h2-16H,1H3/b13-12+. The largest absolute Gasteiger partial charge is 0.269 e. The van der Waals surface area contributed by atoms with Gasteiger partial charge in [-0.2, -0.15) is 5.10 Å². The summed E-state index contributed by atoms with van der Waals surface area (Å²) in [6.45, 7) is 1.92. The number of hydrogen-bond acceptors (Lipinski definition) is 4. The molecule has 0 unspecified atom stereocenters. The van der Waals surface area contributed by atoms with Crippen molar-refractivity contribution < 1.29 is 4.79 Å². The van der Waals surface area contributed by atoms with Gasteiger partial charge in [-0.05, 0) is 37.3 Å². The van der Waals surface area contributed by atoms with Crippen LogP contribution in [0.4, 0.5) is 10.8 Å². The van der Waals surface area contributed by atoms with Crippen molar-refractivity contribution in [2.24, 2.45) is 0 Å². The third kappa shape index (κ3) is 3.92. The minimum Gasteiger partial charge on any atom is -0.269 e. The topological polar surface area (TPSA) is 51.0 Å². The maximum atomic E-state index is 13.0. The minimum absolute atomic E-state index is 0.159. The number of carbonyl (C=O) groups is 1. The molecule has 0 bridgehead atoms. The number of amides is 1. The summed E-state index contributed by atoms with van der Waals surface area (Å²) in [6.07, 6.45) is 6.94. The molecule has 0 aliphatic heterocycles. The average Bonchev–Trinajstić information content (AvgIpc) is 3.37. The highest BCUT2D eigenvalue weighted by Gasteiger charge is 2.18. The fourth-order valence-electron chi connectivity index (χ4n) is 2.74. The number of benzene rings is 2. The van der Waals surface area contributed by atoms with Crippen LogP contribution in [0.25, 0.3) is 11.8 Å². The molecule has 0 atom stereocenters. The van der Waals surface area contributed by atoms with Crippen LogP contribution in [-0.4, -0.2) is 20.7 Å². The lowest BCUT2D eigenvalue weighted by Gasteiger charge is -2.18. The molecule has 0 radical (unpaired) electrons. The second-order valence-electron chi connectivity index (χ2n) is 6.17. The number of aryl methyl sites for hydroxylation is 1. The molecule has 28 heavy (non-hydrogen) atoms. The molecule has 5 nitrogen and oxygen atoms in total. The van der Waals surface area contributed by atoms with Gasteiger partial charge in [-0.15, -0.1) is 11.3 Å². The molecule has 2 aromatic carbocycles. The van der Waals surface area contributed by atoms with Crippen LogP contribution in [0.2, 0.25) is 0 Å². The first kappa shape index (κ1) is 17.9. The van der Waals surface area contributed by atoms with Gasteiger partial charge in [0.2, 0.25) is 0 Å². The first-order chi connectivity index (χ1) is 13.7. The van der Waals surface area contributed by atoms with Gasteiger partial charge in [-0.3, -0.25) is 9.69 Å². The summed E-state index contributed by atoms with van der Waals surface area (Å²) in [7, 11) is 0. The van der Waals surface area contributed by atoms with Crippen LogP contribution in [0.3, 0.4) is 0 Å². The van der Waals surface area contributed by atoms with E-state index in [1.165, 1.54) is 11.3 Å². The van der Waals surface area contributed by atoms with Crippen LogP contribution in [0.1, 0.15) is 11.3 Å². The van der Waals surface area contributed by atoms with E-state index in [1.807, 2.05) is 79.2 Å². The van der Waals surface area contributed by atoms with E-state index in [4.69, 9.17) is 0 Å². The molecule has 0 aliphatic carbocycles. The molecule has 138 valence electrons. The molecule has 0 saturated heterocycles. The normalized spacial score (nSPS) is 11.0. The number of para-hydroxylation sites is 2. The summed E-state index contributed by atoms with van der Waals surface area (Å²) in [5.41, 5.74) is 3.49. The van der Waals surface area contributed by atoms with Crippen molar-refractivity contribution in [3.63, 3.8) is 0 Å². The molecule has 1 amide bonds. The molecule has 6 heteroatoms. The Kier molecular flexibility index (Phi) is 5.12. The minimum atomic E-state index is -0.159. The van der Waals surface area contributed by atoms with Gasteiger partial charge in [0.05, 0.1) is 23.3 Å². The van der Waals surface area contributed by atoms with E-state index >= 15 is 0 Å². The lowest BCUT2D eigenvalue weighted by atomic mass is 10.2. The Labute approximate surface area is 167 Å². The molecule has 2 aromatic heterocycles. The van der Waals surface area contributed by atoms with E-state index in [2.05, 4.69) is 10.1 Å². The van der Waals surface area contributed by atoms with E-state index in [0.29, 0.717) is 5.13 Å². The van der Waals surface area contributed by atoms with Crippen molar-refractivity contribution in [1.29, 1.82) is 0 Å². The Morgan fingerprint density at radius 3 is 2.46 bits per heavy atom. The first-order valence-corrected chi connectivity index (χ1v) is 9.68. The summed E-state index contributed by atoms with van der Waals surface area (Å²) in [6, 6.07) is 19.4. The second kappa shape index (κ2) is 8.02. The Bertz CT molecular complexity index is 1100. The van der Waals surface area contributed by atoms with Gasteiger partial charge in [-0.1, -0.05) is 36.4 Å². The molecule has 0 N–H and O–H groups in total. The molecule has 0 aliphatic rings. The van der Waals surface area contributed by atoms with Crippen molar-refractivity contribution in [2.45, 2.75) is 6.92 Å². The summed E-state index contributed by atoms with van der Waals surface area (Å²) < 4.78 is 1.78. The molecule has 0 spiro atoms. The van der Waals surface area contributed by atoms with Gasteiger partial charge in [0.25, 0.3) is 5.91 Å². The third-order valence-corrected chi connectivity index (χ3v) is 5.02. The van der Waals surface area contributed by atoms with Gasteiger partial charge in [0, 0.05) is 23.2 Å². The Hall–Kier alpha value is -3.51. The van der Waals surface area contributed by atoms with Crippen LogP contribution in [-0.2, 0) is 4.79 Å². The van der Waals surface area contributed by atoms with Crippen LogP contribution in [0.15, 0.2) is 84.5 Å². The fraction of sp³-hybridized carbons (Fsp3) is 0.0455. The smallest absolute Gasteiger partial charge is 0.257 e. The number of carbonyl (C=O) groups excluding carboxylic acids is 1. The van der Waals surface area contributed by atoms with Gasteiger partial charge in [0.1, 0.15) is 0 Å². The van der Waals surface area contributed by atoms with E-state index in [-0.39, 0.29) is 5.91 Å². The summed E-state index contributed by atoms with van der Waals surface area (Å²) in [5, 5.41) is 6.95. The second-order valence-corrected chi connectivity index (χ2v) is 7.00. The summed E-state index contributed by atoms with van der Waals surface area (Å²) in [5.74, 6) is -0.159. The van der Waals surface area contributed by atoms with Crippen LogP contribution >= 0.6 is 11.3 Å². The molecule has 2 heterocycles. The molecule has 0 saturated carbocycles. The van der Waals surface area contributed by atoms with Crippen molar-refractivity contribution in [3.8, 4) is 5.69 Å². The van der Waals surface area contributed by atoms with Gasteiger partial charge < -0.3 is 0 Å². The summed E-state index contributed by atoms with van der Waals surface area (Å²) in [4.78, 5) is 19.1. The van der Waals surface area contributed by atoms with Crippen molar-refractivity contribution in [1.82, 2.24) is 14.8 Å². The number of rotatable bonds is 5. The maximum Gasteiger partial charge on any atom is 0.257 e. The van der Waals surface area contributed by atoms with E-state index < -0.39 is 0 Å². The zero-order chi connectivity index (χ0) is 19.3. The van der Waals surface area contributed by atoms with Gasteiger partial charge >= 0.3 is 0 Å². The lowest BCUT2D eigenvalue weighted by molar-refractivity contribution is -0.113. The van der Waals surface area contributed by atoms with Crippen molar-refractivity contribution >= 4 is 34.1 Å². The molecule has 4 rings (SSSR count). The molecule has 4 aromatic rings. The first-order valence-electron chi connectivity index (χ1n) is 8.80. The monoisotopic (exact) mass is 386 g/mol. The fourth-order valence-corrected chi connectivity index (χ4v) is 3.57. The Morgan fingerprint density at radius 1 is 1.07 bits per heavy atom. The molecular formula is C22H18N4OS. The SMILES string of the molecule is Cc1csc(N(C(=O)/C=C/c2cnn(-c3ccccc3)c2)c2ccccc2)n1. The van der Waals surface area contributed by atoms with Crippen LogP contribution in [0.5, 0.6) is 0 Å². The highest BCUT2D eigenvalue weighted by molar-refractivity contribution is 7.14. The van der Waals surface area contributed by atoms with Crippen molar-refractivity contribution in [2.75, 3.05) is 4.90 Å². The predicted molar refractivity (Wildman–Crippen MR) is 113 cm³/mol. The Morgan fingerprint density at radius 2 is 1.79 bits per heavy atom. The zero-order valence-corrected chi connectivity index (χ0v) is 16.1. The highest BCUT2D eigenvalue weighted by Crippen LogP contribution is 2.28. The number of nitrogens with zero attached hydrogens (tertiary/aromatic N) is 4. The number of hydrogen-bond donors (Lipinski definition) is 0. The highest BCUT2D eigenvalue weighted by atomic mass is 32.1. The number of anilines is 2. The van der Waals surface area contributed by atoms with Crippen molar-refractivity contribution in [3.05, 3.63) is 95.8 Å². The average molecular weight is 386 g/mol. The van der Waals surface area contributed by atoms with E-state index in [1.54, 1.807) is 27.9 Å². The van der Waals surface area contributed by atoms with Gasteiger partial charge in [-0.25, -0.2) is 9.67 Å². The molecule has 0 fully saturated rings. The maximum absolute atomic E-state index is 13.0. The summed E-state index contributed by atoms with van der Waals surface area (Å²) >= 11 is 1.45. The van der Waals surface area contributed by atoms with E-state index in [0.717, 1.165) is 22.6 Å². The Balaban J connectivity index is 1.59.